The zero-order valence-electron chi connectivity index (χ0n) is 12.9. The Morgan fingerprint density at radius 2 is 2.00 bits per heavy atom. The SMILES string of the molecule is COc1ccc(OC)c(C[NH+](C)CC(=O)NC(C)C)c1. The van der Waals surface area contributed by atoms with E-state index in [1.807, 2.05) is 39.1 Å². The minimum absolute atomic E-state index is 0.0550. The average molecular weight is 281 g/mol. The Morgan fingerprint density at radius 3 is 2.55 bits per heavy atom. The van der Waals surface area contributed by atoms with Gasteiger partial charge in [0, 0.05) is 6.04 Å². The van der Waals surface area contributed by atoms with Crippen LogP contribution < -0.4 is 19.7 Å². The van der Waals surface area contributed by atoms with Gasteiger partial charge >= 0.3 is 0 Å². The van der Waals surface area contributed by atoms with E-state index in [1.165, 1.54) is 0 Å². The van der Waals surface area contributed by atoms with E-state index in [4.69, 9.17) is 9.47 Å². The standard InChI is InChI=1S/C15H24N2O3/c1-11(2)16-15(18)10-17(3)9-12-8-13(19-4)6-7-14(12)20-5/h6-8,11H,9-10H2,1-5H3,(H,16,18)/p+1. The molecule has 1 amide bonds. The molecule has 1 aromatic rings. The summed E-state index contributed by atoms with van der Waals surface area (Å²) in [4.78, 5) is 12.8. The maximum absolute atomic E-state index is 11.7. The van der Waals surface area contributed by atoms with Gasteiger partial charge in [0.25, 0.3) is 5.91 Å². The van der Waals surface area contributed by atoms with Gasteiger partial charge in [-0.2, -0.15) is 0 Å². The van der Waals surface area contributed by atoms with Crippen LogP contribution in [-0.2, 0) is 11.3 Å². The van der Waals surface area contributed by atoms with E-state index in [2.05, 4.69) is 5.32 Å². The number of likely N-dealkylation sites (N-methyl/N-ethyl adjacent to an activating group) is 1. The van der Waals surface area contributed by atoms with Crippen LogP contribution in [0, 0.1) is 0 Å². The van der Waals surface area contributed by atoms with Crippen molar-refractivity contribution in [2.24, 2.45) is 0 Å². The molecule has 20 heavy (non-hydrogen) atoms. The van der Waals surface area contributed by atoms with Crippen LogP contribution in [0.15, 0.2) is 18.2 Å². The quantitative estimate of drug-likeness (QED) is 0.753. The van der Waals surface area contributed by atoms with Gasteiger partial charge in [-0.15, -0.1) is 0 Å². The molecule has 5 nitrogen and oxygen atoms in total. The van der Waals surface area contributed by atoms with Crippen LogP contribution >= 0.6 is 0 Å². The van der Waals surface area contributed by atoms with Gasteiger partial charge in [-0.25, -0.2) is 0 Å². The Balaban J connectivity index is 2.69. The van der Waals surface area contributed by atoms with Crippen LogP contribution in [0.4, 0.5) is 0 Å². The molecule has 0 spiro atoms. The molecule has 0 bridgehead atoms. The van der Waals surface area contributed by atoms with E-state index in [0.717, 1.165) is 22.0 Å². The van der Waals surface area contributed by atoms with E-state index in [9.17, 15) is 4.79 Å². The van der Waals surface area contributed by atoms with E-state index in [0.29, 0.717) is 13.1 Å². The van der Waals surface area contributed by atoms with Crippen LogP contribution in [0.1, 0.15) is 19.4 Å². The Hall–Kier alpha value is -1.75. The topological polar surface area (TPSA) is 52.0 Å². The number of carbonyl (C=O) groups excluding carboxylic acids is 1. The monoisotopic (exact) mass is 281 g/mol. The first-order valence-corrected chi connectivity index (χ1v) is 6.77. The first-order valence-electron chi connectivity index (χ1n) is 6.77. The Morgan fingerprint density at radius 1 is 1.30 bits per heavy atom. The third-order valence-electron chi connectivity index (χ3n) is 2.89. The van der Waals surface area contributed by atoms with Gasteiger partial charge in [0.1, 0.15) is 18.0 Å². The smallest absolute Gasteiger partial charge is 0.275 e. The van der Waals surface area contributed by atoms with E-state index in [1.54, 1.807) is 14.2 Å². The van der Waals surface area contributed by atoms with Gasteiger partial charge < -0.3 is 19.7 Å². The molecule has 0 aromatic heterocycles. The first-order chi connectivity index (χ1) is 9.46. The van der Waals surface area contributed by atoms with Crippen LogP contribution in [0.3, 0.4) is 0 Å². The first kappa shape index (κ1) is 16.3. The fraction of sp³-hybridized carbons (Fsp3) is 0.533. The number of amides is 1. The highest BCUT2D eigenvalue weighted by atomic mass is 16.5. The normalized spacial score (nSPS) is 12.1. The molecule has 1 rings (SSSR count). The van der Waals surface area contributed by atoms with E-state index < -0.39 is 0 Å². The zero-order chi connectivity index (χ0) is 15.1. The summed E-state index contributed by atoms with van der Waals surface area (Å²) in [6, 6.07) is 5.86. The largest absolute Gasteiger partial charge is 0.497 e. The highest BCUT2D eigenvalue weighted by Crippen LogP contribution is 2.22. The maximum atomic E-state index is 11.7. The molecule has 112 valence electrons. The van der Waals surface area contributed by atoms with Gasteiger partial charge in [-0.1, -0.05) is 0 Å². The molecule has 0 aliphatic carbocycles. The van der Waals surface area contributed by atoms with Crippen molar-refractivity contribution in [3.05, 3.63) is 23.8 Å². The van der Waals surface area contributed by atoms with Crippen molar-refractivity contribution in [2.45, 2.75) is 26.4 Å². The van der Waals surface area contributed by atoms with Gasteiger partial charge in [0.15, 0.2) is 6.54 Å². The molecule has 0 aliphatic rings. The fourth-order valence-electron chi connectivity index (χ4n) is 2.05. The third-order valence-corrected chi connectivity index (χ3v) is 2.89. The number of hydrogen-bond acceptors (Lipinski definition) is 3. The summed E-state index contributed by atoms with van der Waals surface area (Å²) in [6.45, 7) is 5.04. The molecule has 1 aromatic carbocycles. The molecule has 1 unspecified atom stereocenters. The second kappa shape index (κ2) is 7.75. The predicted octanol–water partition coefficient (Wildman–Crippen LogP) is 0.243. The fourth-order valence-corrected chi connectivity index (χ4v) is 2.05. The summed E-state index contributed by atoms with van der Waals surface area (Å²) in [5.74, 6) is 1.66. The molecule has 2 N–H and O–H groups in total. The molecule has 0 saturated carbocycles. The van der Waals surface area contributed by atoms with E-state index >= 15 is 0 Å². The highest BCUT2D eigenvalue weighted by molar-refractivity contribution is 5.77. The van der Waals surface area contributed by atoms with Crippen molar-refractivity contribution < 1.29 is 19.2 Å². The molecule has 0 fully saturated rings. The van der Waals surface area contributed by atoms with Crippen molar-refractivity contribution in [2.75, 3.05) is 27.8 Å². The average Bonchev–Trinajstić information content (AvgIpc) is 2.37. The van der Waals surface area contributed by atoms with Gasteiger partial charge in [0.05, 0.1) is 26.8 Å². The Kier molecular flexibility index (Phi) is 6.31. The van der Waals surface area contributed by atoms with Crippen molar-refractivity contribution in [3.8, 4) is 11.5 Å². The number of hydrogen-bond donors (Lipinski definition) is 2. The lowest BCUT2D eigenvalue weighted by atomic mass is 10.1. The summed E-state index contributed by atoms with van der Waals surface area (Å²) in [5, 5.41) is 2.89. The minimum atomic E-state index is 0.0550. The van der Waals surface area contributed by atoms with E-state index in [-0.39, 0.29) is 11.9 Å². The second-order valence-electron chi connectivity index (χ2n) is 5.21. The summed E-state index contributed by atoms with van der Waals surface area (Å²) in [5.41, 5.74) is 1.03. The zero-order valence-corrected chi connectivity index (χ0v) is 12.9. The van der Waals surface area contributed by atoms with Gasteiger partial charge in [-0.3, -0.25) is 4.79 Å². The Bertz CT molecular complexity index is 447. The third kappa shape index (κ3) is 5.09. The lowest BCUT2D eigenvalue weighted by Crippen LogP contribution is -3.09. The number of ether oxygens (including phenoxy) is 2. The maximum Gasteiger partial charge on any atom is 0.275 e. The number of methoxy groups -OCH3 is 2. The number of benzene rings is 1. The van der Waals surface area contributed by atoms with Crippen molar-refractivity contribution in [3.63, 3.8) is 0 Å². The number of carbonyl (C=O) groups is 1. The van der Waals surface area contributed by atoms with Gasteiger partial charge in [0.2, 0.25) is 0 Å². The van der Waals surface area contributed by atoms with Gasteiger partial charge in [-0.05, 0) is 32.0 Å². The molecule has 0 heterocycles. The van der Waals surface area contributed by atoms with Crippen LogP contribution in [0.5, 0.6) is 11.5 Å². The summed E-state index contributed by atoms with van der Waals surface area (Å²) in [7, 11) is 5.27. The molecule has 0 aliphatic heterocycles. The van der Waals surface area contributed by atoms with Crippen LogP contribution in [0.25, 0.3) is 0 Å². The molecular formula is C15H25N2O3+. The predicted molar refractivity (Wildman–Crippen MR) is 78.3 cm³/mol. The molecular weight excluding hydrogens is 256 g/mol. The molecule has 0 radical (unpaired) electrons. The van der Waals surface area contributed by atoms with Crippen molar-refractivity contribution in [1.82, 2.24) is 5.32 Å². The van der Waals surface area contributed by atoms with Crippen molar-refractivity contribution in [1.29, 1.82) is 0 Å². The summed E-state index contributed by atoms with van der Waals surface area (Å²) < 4.78 is 10.6. The number of quaternary nitrogens is 1. The summed E-state index contributed by atoms with van der Waals surface area (Å²) >= 11 is 0. The highest BCUT2D eigenvalue weighted by Gasteiger charge is 2.14. The summed E-state index contributed by atoms with van der Waals surface area (Å²) in [6.07, 6.45) is 0. The van der Waals surface area contributed by atoms with Crippen LogP contribution in [-0.4, -0.2) is 39.8 Å². The number of nitrogens with one attached hydrogen (secondary N) is 2. The Labute approximate surface area is 120 Å². The molecule has 5 heteroatoms. The lowest BCUT2D eigenvalue weighted by Gasteiger charge is -2.17. The number of rotatable bonds is 7. The molecule has 1 atom stereocenters. The van der Waals surface area contributed by atoms with Crippen molar-refractivity contribution >= 4 is 5.91 Å². The van der Waals surface area contributed by atoms with Crippen LogP contribution in [0.2, 0.25) is 0 Å². The lowest BCUT2D eigenvalue weighted by molar-refractivity contribution is -0.885. The molecule has 0 saturated heterocycles. The second-order valence-corrected chi connectivity index (χ2v) is 5.21. The minimum Gasteiger partial charge on any atom is -0.497 e.